The molecule has 0 bridgehead atoms. The minimum Gasteiger partial charge on any atom is -0.493 e. The summed E-state index contributed by atoms with van der Waals surface area (Å²) in [6.07, 6.45) is 0.757. The van der Waals surface area contributed by atoms with Gasteiger partial charge in [0.15, 0.2) is 0 Å². The molecule has 146 valence electrons. The van der Waals surface area contributed by atoms with Crippen LogP contribution >= 0.6 is 0 Å². The van der Waals surface area contributed by atoms with E-state index in [0.29, 0.717) is 12.4 Å². The Morgan fingerprint density at radius 1 is 1.11 bits per heavy atom. The maximum absolute atomic E-state index is 12.6. The van der Waals surface area contributed by atoms with Crippen LogP contribution < -0.4 is 9.46 Å². The van der Waals surface area contributed by atoms with Gasteiger partial charge in [0.25, 0.3) is 15.7 Å². The topological polar surface area (TPSA) is 98.5 Å². The number of hydrogen-bond acceptors (Lipinski definition) is 5. The van der Waals surface area contributed by atoms with Crippen LogP contribution in [0.1, 0.15) is 39.7 Å². The summed E-state index contributed by atoms with van der Waals surface area (Å²) in [6.45, 7) is 8.42. The fourth-order valence-corrected chi connectivity index (χ4v) is 3.47. The van der Waals surface area contributed by atoms with Crippen LogP contribution in [0.25, 0.3) is 0 Å². The molecular formula is C19H24N2O5S. The summed E-state index contributed by atoms with van der Waals surface area (Å²) in [5.41, 5.74) is 0.412. The quantitative estimate of drug-likeness (QED) is 0.553. The Morgan fingerprint density at radius 3 is 2.26 bits per heavy atom. The first-order valence-electron chi connectivity index (χ1n) is 8.59. The van der Waals surface area contributed by atoms with E-state index in [1.54, 1.807) is 12.1 Å². The highest BCUT2D eigenvalue weighted by molar-refractivity contribution is 7.92. The molecule has 0 aliphatic carbocycles. The molecule has 0 spiro atoms. The maximum atomic E-state index is 12.6. The molecule has 0 aliphatic rings. The second kappa shape index (κ2) is 7.96. The summed E-state index contributed by atoms with van der Waals surface area (Å²) in [4.78, 5) is 10.7. The second-order valence-electron chi connectivity index (χ2n) is 7.16. The first kappa shape index (κ1) is 20.7. The average Bonchev–Trinajstić information content (AvgIpc) is 2.59. The van der Waals surface area contributed by atoms with Crippen molar-refractivity contribution in [3.63, 3.8) is 0 Å². The van der Waals surface area contributed by atoms with E-state index >= 15 is 0 Å². The third-order valence-corrected chi connectivity index (χ3v) is 5.30. The minimum absolute atomic E-state index is 0.0381. The van der Waals surface area contributed by atoms with Gasteiger partial charge < -0.3 is 4.74 Å². The van der Waals surface area contributed by atoms with E-state index < -0.39 is 14.9 Å². The highest BCUT2D eigenvalue weighted by atomic mass is 32.2. The number of ether oxygens (including phenoxy) is 1. The number of nitrogens with one attached hydrogen (secondary N) is 1. The first-order chi connectivity index (χ1) is 12.5. The van der Waals surface area contributed by atoms with Gasteiger partial charge in [0.2, 0.25) is 0 Å². The number of rotatable bonds is 7. The predicted molar refractivity (Wildman–Crippen MR) is 105 cm³/mol. The fraction of sp³-hybridized carbons (Fsp3) is 0.368. The molecule has 1 N–H and O–H groups in total. The largest absolute Gasteiger partial charge is 0.493 e. The number of nitro groups is 1. The second-order valence-corrected chi connectivity index (χ2v) is 8.85. The van der Waals surface area contributed by atoms with Crippen LogP contribution in [-0.2, 0) is 15.4 Å². The van der Waals surface area contributed by atoms with E-state index in [1.165, 1.54) is 30.3 Å². The van der Waals surface area contributed by atoms with Gasteiger partial charge in [-0.25, -0.2) is 8.42 Å². The monoisotopic (exact) mass is 392 g/mol. The Kier molecular flexibility index (Phi) is 6.10. The summed E-state index contributed by atoms with van der Waals surface area (Å²) in [5.74, 6) is 0.320. The zero-order valence-electron chi connectivity index (χ0n) is 15.9. The van der Waals surface area contributed by atoms with Crippen molar-refractivity contribution in [3.8, 4) is 5.75 Å². The van der Waals surface area contributed by atoms with Gasteiger partial charge in [-0.2, -0.15) is 0 Å². The molecular weight excluding hydrogens is 368 g/mol. The molecule has 0 atom stereocenters. The van der Waals surface area contributed by atoms with Crippen LogP contribution in [-0.4, -0.2) is 19.9 Å². The molecule has 7 nitrogen and oxygen atoms in total. The van der Waals surface area contributed by atoms with Crippen molar-refractivity contribution in [2.75, 3.05) is 11.3 Å². The Balaban J connectivity index is 2.32. The van der Waals surface area contributed by atoms with Crippen molar-refractivity contribution in [2.24, 2.45) is 0 Å². The van der Waals surface area contributed by atoms with Gasteiger partial charge in [-0.15, -0.1) is 0 Å². The lowest BCUT2D eigenvalue weighted by molar-refractivity contribution is -0.384. The van der Waals surface area contributed by atoms with Crippen molar-refractivity contribution >= 4 is 21.4 Å². The van der Waals surface area contributed by atoms with E-state index in [9.17, 15) is 18.5 Å². The van der Waals surface area contributed by atoms with Gasteiger partial charge >= 0.3 is 0 Å². The van der Waals surface area contributed by atoms with Gasteiger partial charge in [0.05, 0.1) is 22.5 Å². The van der Waals surface area contributed by atoms with Crippen molar-refractivity contribution in [1.82, 2.24) is 0 Å². The molecule has 2 rings (SSSR count). The number of benzene rings is 2. The standard InChI is InChI=1S/C19H24N2O5S/c1-5-12-26-15-8-11-17(18(13-15)21(22)23)20-27(24,25)16-9-6-14(7-10-16)19(2,3)4/h6-11,13,20H,5,12H2,1-4H3. The van der Waals surface area contributed by atoms with E-state index in [2.05, 4.69) is 4.72 Å². The van der Waals surface area contributed by atoms with Crippen molar-refractivity contribution < 1.29 is 18.1 Å². The van der Waals surface area contributed by atoms with E-state index in [4.69, 9.17) is 4.74 Å². The van der Waals surface area contributed by atoms with Gasteiger partial charge in [0, 0.05) is 0 Å². The molecule has 2 aromatic rings. The molecule has 0 fully saturated rings. The maximum Gasteiger partial charge on any atom is 0.297 e. The Morgan fingerprint density at radius 2 is 1.74 bits per heavy atom. The number of hydrogen-bond donors (Lipinski definition) is 1. The highest BCUT2D eigenvalue weighted by Crippen LogP contribution is 2.31. The van der Waals surface area contributed by atoms with E-state index in [1.807, 2.05) is 27.7 Å². The molecule has 0 saturated carbocycles. The molecule has 8 heteroatoms. The lowest BCUT2D eigenvalue weighted by atomic mass is 9.87. The highest BCUT2D eigenvalue weighted by Gasteiger charge is 2.22. The van der Waals surface area contributed by atoms with Gasteiger partial charge in [-0.1, -0.05) is 39.8 Å². The number of sulfonamides is 1. The van der Waals surface area contributed by atoms with Crippen molar-refractivity contribution in [2.45, 2.75) is 44.4 Å². The summed E-state index contributed by atoms with van der Waals surface area (Å²) in [7, 11) is -3.96. The van der Waals surface area contributed by atoms with Gasteiger partial charge in [-0.3, -0.25) is 14.8 Å². The fourth-order valence-electron chi connectivity index (χ4n) is 2.40. The SMILES string of the molecule is CCCOc1ccc(NS(=O)(=O)c2ccc(C(C)(C)C)cc2)c([N+](=O)[O-])c1. The Bertz CT molecular complexity index is 916. The average molecular weight is 392 g/mol. The molecule has 0 amide bonds. The van der Waals surface area contributed by atoms with Crippen LogP contribution in [0.3, 0.4) is 0 Å². The Hall–Kier alpha value is -2.61. The van der Waals surface area contributed by atoms with Crippen LogP contribution in [0.4, 0.5) is 11.4 Å². The summed E-state index contributed by atoms with van der Waals surface area (Å²) in [6, 6.07) is 10.5. The molecule has 0 radical (unpaired) electrons. The van der Waals surface area contributed by atoms with Gasteiger partial charge in [-0.05, 0) is 41.7 Å². The van der Waals surface area contributed by atoms with Crippen LogP contribution in [0.5, 0.6) is 5.75 Å². The van der Waals surface area contributed by atoms with Gasteiger partial charge in [0.1, 0.15) is 11.4 Å². The Labute approximate surface area is 159 Å². The number of anilines is 1. The molecule has 0 unspecified atom stereocenters. The lowest BCUT2D eigenvalue weighted by Crippen LogP contribution is -2.15. The van der Waals surface area contributed by atoms with Crippen LogP contribution in [0.15, 0.2) is 47.4 Å². The third kappa shape index (κ3) is 5.19. The first-order valence-corrected chi connectivity index (χ1v) is 10.1. The smallest absolute Gasteiger partial charge is 0.297 e. The van der Waals surface area contributed by atoms with Crippen molar-refractivity contribution in [3.05, 3.63) is 58.1 Å². The van der Waals surface area contributed by atoms with E-state index in [-0.39, 0.29) is 21.7 Å². The molecule has 27 heavy (non-hydrogen) atoms. The normalized spacial score (nSPS) is 11.9. The third-order valence-electron chi connectivity index (χ3n) is 3.91. The van der Waals surface area contributed by atoms with Crippen LogP contribution in [0.2, 0.25) is 0 Å². The molecule has 0 aromatic heterocycles. The number of nitro benzene ring substituents is 1. The molecule has 0 saturated heterocycles. The summed E-state index contributed by atoms with van der Waals surface area (Å²) >= 11 is 0. The summed E-state index contributed by atoms with van der Waals surface area (Å²) < 4.78 is 32.9. The predicted octanol–water partition coefficient (Wildman–Crippen LogP) is 4.48. The summed E-state index contributed by atoms with van der Waals surface area (Å²) in [5, 5.41) is 11.3. The zero-order valence-corrected chi connectivity index (χ0v) is 16.7. The zero-order chi connectivity index (χ0) is 20.2. The lowest BCUT2D eigenvalue weighted by Gasteiger charge is -2.19. The van der Waals surface area contributed by atoms with Crippen molar-refractivity contribution in [1.29, 1.82) is 0 Å². The molecule has 0 heterocycles. The van der Waals surface area contributed by atoms with Crippen LogP contribution in [0, 0.1) is 10.1 Å². The van der Waals surface area contributed by atoms with E-state index in [0.717, 1.165) is 12.0 Å². The number of nitrogens with zero attached hydrogens (tertiary/aromatic N) is 1. The molecule has 2 aromatic carbocycles. The minimum atomic E-state index is -3.96. The molecule has 0 aliphatic heterocycles.